The van der Waals surface area contributed by atoms with Gasteiger partial charge in [-0.05, 0) is 55.7 Å². The Morgan fingerprint density at radius 3 is 2.37 bits per heavy atom. The molecule has 8 heteroatoms. The number of carbonyl (C=O) groups is 1. The van der Waals surface area contributed by atoms with E-state index >= 15 is 0 Å². The predicted octanol–water partition coefficient (Wildman–Crippen LogP) is 4.72. The third-order valence-electron chi connectivity index (χ3n) is 4.95. The third kappa shape index (κ3) is 4.59. The number of carbonyl (C=O) groups excluding carboxylic acids is 1. The average molecular weight is 418 g/mol. The van der Waals surface area contributed by atoms with Crippen molar-refractivity contribution in [3.63, 3.8) is 0 Å². The number of hydrogen-bond donors (Lipinski definition) is 2. The number of nitrogens with two attached hydrogens (primary N) is 1. The maximum atomic E-state index is 12.6. The van der Waals surface area contributed by atoms with Crippen molar-refractivity contribution in [2.75, 3.05) is 0 Å². The minimum Gasteiger partial charge on any atom is -0.508 e. The lowest BCUT2D eigenvalue weighted by Crippen LogP contribution is -2.17. The number of phenols is 1. The molecule has 0 aliphatic heterocycles. The van der Waals surface area contributed by atoms with Gasteiger partial charge >= 0.3 is 6.36 Å². The monoisotopic (exact) mass is 418 g/mol. The number of primary amides is 1. The lowest BCUT2D eigenvalue weighted by molar-refractivity contribution is -0.274. The second-order valence-corrected chi connectivity index (χ2v) is 6.93. The lowest BCUT2D eigenvalue weighted by atomic mass is 10.00. The molecule has 0 aliphatic rings. The smallest absolute Gasteiger partial charge is 0.508 e. The topological polar surface area (TPSA) is 77.5 Å². The Kier molecular flexibility index (Phi) is 5.78. The molecule has 1 aromatic heterocycles. The number of nitrogens with zero attached hydrogens (tertiary/aromatic N) is 1. The van der Waals surface area contributed by atoms with Crippen LogP contribution in [0.1, 0.15) is 27.3 Å². The van der Waals surface area contributed by atoms with Crippen molar-refractivity contribution in [3.8, 4) is 22.6 Å². The van der Waals surface area contributed by atoms with Gasteiger partial charge in [0, 0.05) is 23.5 Å². The van der Waals surface area contributed by atoms with Crippen LogP contribution in [-0.4, -0.2) is 21.9 Å². The molecule has 0 spiro atoms. The summed E-state index contributed by atoms with van der Waals surface area (Å²) in [5.74, 6) is -0.855. The van der Waals surface area contributed by atoms with E-state index in [0.29, 0.717) is 35.5 Å². The fourth-order valence-electron chi connectivity index (χ4n) is 3.63. The van der Waals surface area contributed by atoms with Gasteiger partial charge in [0.25, 0.3) is 5.91 Å². The summed E-state index contributed by atoms with van der Waals surface area (Å²) >= 11 is 0. The van der Waals surface area contributed by atoms with Gasteiger partial charge in [-0.15, -0.1) is 13.2 Å². The van der Waals surface area contributed by atoms with E-state index in [-0.39, 0.29) is 17.1 Å². The molecule has 2 aromatic carbocycles. The van der Waals surface area contributed by atoms with E-state index in [4.69, 9.17) is 5.73 Å². The molecule has 1 heterocycles. The van der Waals surface area contributed by atoms with E-state index in [9.17, 15) is 23.1 Å². The first-order valence-electron chi connectivity index (χ1n) is 9.20. The molecule has 30 heavy (non-hydrogen) atoms. The van der Waals surface area contributed by atoms with Gasteiger partial charge in [0.05, 0.1) is 5.56 Å². The zero-order valence-electron chi connectivity index (χ0n) is 16.5. The largest absolute Gasteiger partial charge is 0.573 e. The molecule has 3 N–H and O–H groups in total. The summed E-state index contributed by atoms with van der Waals surface area (Å²) in [5.41, 5.74) is 9.11. The van der Waals surface area contributed by atoms with Gasteiger partial charge in [0.1, 0.15) is 11.5 Å². The van der Waals surface area contributed by atoms with Gasteiger partial charge < -0.3 is 20.1 Å². The highest BCUT2D eigenvalue weighted by Gasteiger charge is 2.31. The van der Waals surface area contributed by atoms with Crippen LogP contribution in [0.5, 0.6) is 11.5 Å². The van der Waals surface area contributed by atoms with Crippen LogP contribution in [0.25, 0.3) is 11.1 Å². The Hall–Kier alpha value is -3.42. The van der Waals surface area contributed by atoms with Gasteiger partial charge in [-0.1, -0.05) is 24.3 Å². The highest BCUT2D eigenvalue weighted by Crippen LogP contribution is 2.35. The number of aromatic nitrogens is 1. The quantitative estimate of drug-likeness (QED) is 0.608. The van der Waals surface area contributed by atoms with Gasteiger partial charge in [0.15, 0.2) is 0 Å². The molecule has 0 fully saturated rings. The van der Waals surface area contributed by atoms with Crippen molar-refractivity contribution in [1.29, 1.82) is 0 Å². The van der Waals surface area contributed by atoms with Crippen molar-refractivity contribution >= 4 is 5.91 Å². The van der Waals surface area contributed by atoms with Crippen LogP contribution in [0.2, 0.25) is 0 Å². The molecule has 0 saturated carbocycles. The zero-order chi connectivity index (χ0) is 22.1. The maximum absolute atomic E-state index is 12.6. The summed E-state index contributed by atoms with van der Waals surface area (Å²) in [6.45, 7) is 4.08. The Labute approximate surface area is 171 Å². The summed E-state index contributed by atoms with van der Waals surface area (Å²) in [6, 6.07) is 12.3. The van der Waals surface area contributed by atoms with Crippen molar-refractivity contribution in [3.05, 3.63) is 71.0 Å². The van der Waals surface area contributed by atoms with Crippen LogP contribution in [0, 0.1) is 13.8 Å². The van der Waals surface area contributed by atoms with E-state index in [1.807, 2.05) is 4.57 Å². The Balaban J connectivity index is 2.01. The van der Waals surface area contributed by atoms with E-state index in [1.54, 1.807) is 44.2 Å². The average Bonchev–Trinajstić information content (AvgIpc) is 2.90. The second kappa shape index (κ2) is 8.14. The SMILES string of the molecule is Cc1c(C(N)=O)c(-c2cccc(OC(F)(F)F)c2)c(C)n1CCc1ccc(O)cc1. The standard InChI is InChI=1S/C22H21F3N2O3/c1-13-19(16-4-3-5-18(12-16)30-22(23,24)25)20(21(26)29)14(2)27(13)11-10-15-6-8-17(28)9-7-15/h3-9,12,28H,10-11H2,1-2H3,(H2,26,29). The van der Waals surface area contributed by atoms with Crippen molar-refractivity contribution in [2.24, 2.45) is 5.73 Å². The number of rotatable bonds is 6. The molecule has 0 aliphatic carbocycles. The summed E-state index contributed by atoms with van der Waals surface area (Å²) in [4.78, 5) is 12.2. The van der Waals surface area contributed by atoms with E-state index in [1.165, 1.54) is 18.2 Å². The normalized spacial score (nSPS) is 11.5. The van der Waals surface area contributed by atoms with Crippen LogP contribution in [0.15, 0.2) is 48.5 Å². The van der Waals surface area contributed by atoms with Crippen molar-refractivity contribution < 1.29 is 27.8 Å². The minimum atomic E-state index is -4.81. The second-order valence-electron chi connectivity index (χ2n) is 6.93. The molecule has 1 amide bonds. The molecule has 0 radical (unpaired) electrons. The first-order chi connectivity index (χ1) is 14.1. The molecule has 0 saturated heterocycles. The molecule has 0 atom stereocenters. The Morgan fingerprint density at radius 1 is 1.10 bits per heavy atom. The Bertz CT molecular complexity index is 1070. The van der Waals surface area contributed by atoms with E-state index in [2.05, 4.69) is 4.74 Å². The van der Waals surface area contributed by atoms with E-state index < -0.39 is 12.3 Å². The summed E-state index contributed by atoms with van der Waals surface area (Å²) in [7, 11) is 0. The number of amides is 1. The summed E-state index contributed by atoms with van der Waals surface area (Å²) < 4.78 is 43.7. The predicted molar refractivity (Wildman–Crippen MR) is 106 cm³/mol. The van der Waals surface area contributed by atoms with E-state index in [0.717, 1.165) is 5.56 Å². The fourth-order valence-corrected chi connectivity index (χ4v) is 3.63. The summed E-state index contributed by atoms with van der Waals surface area (Å²) in [5, 5.41) is 9.41. The molecule has 5 nitrogen and oxygen atoms in total. The highest BCUT2D eigenvalue weighted by atomic mass is 19.4. The maximum Gasteiger partial charge on any atom is 0.573 e. The number of hydrogen-bond acceptors (Lipinski definition) is 3. The number of halogens is 3. The Morgan fingerprint density at radius 2 is 1.77 bits per heavy atom. The van der Waals surface area contributed by atoms with Crippen LogP contribution < -0.4 is 10.5 Å². The summed E-state index contributed by atoms with van der Waals surface area (Å²) in [6.07, 6.45) is -4.18. The molecular formula is C22H21F3N2O3. The van der Waals surface area contributed by atoms with Crippen LogP contribution in [-0.2, 0) is 13.0 Å². The van der Waals surface area contributed by atoms with Crippen molar-refractivity contribution in [2.45, 2.75) is 33.2 Å². The van der Waals surface area contributed by atoms with Crippen molar-refractivity contribution in [1.82, 2.24) is 4.57 Å². The number of alkyl halides is 3. The number of ether oxygens (including phenoxy) is 1. The number of phenolic OH excluding ortho intramolecular Hbond substituents is 1. The number of aromatic hydroxyl groups is 1. The van der Waals surface area contributed by atoms with Crippen LogP contribution in [0.3, 0.4) is 0 Å². The van der Waals surface area contributed by atoms with Crippen LogP contribution >= 0.6 is 0 Å². The number of aryl methyl sites for hydroxylation is 1. The van der Waals surface area contributed by atoms with Gasteiger partial charge in [-0.2, -0.15) is 0 Å². The molecule has 3 rings (SSSR count). The van der Waals surface area contributed by atoms with Gasteiger partial charge in [-0.3, -0.25) is 4.79 Å². The lowest BCUT2D eigenvalue weighted by Gasteiger charge is -2.12. The first kappa shape index (κ1) is 21.3. The fraction of sp³-hybridized carbons (Fsp3) is 0.227. The minimum absolute atomic E-state index is 0.173. The van der Waals surface area contributed by atoms with Gasteiger partial charge in [-0.25, -0.2) is 0 Å². The number of benzene rings is 2. The van der Waals surface area contributed by atoms with Crippen LogP contribution in [0.4, 0.5) is 13.2 Å². The molecule has 0 unspecified atom stereocenters. The molecule has 158 valence electrons. The zero-order valence-corrected chi connectivity index (χ0v) is 16.5. The highest BCUT2D eigenvalue weighted by molar-refractivity contribution is 6.02. The molecule has 3 aromatic rings. The molecular weight excluding hydrogens is 397 g/mol. The molecule has 0 bridgehead atoms. The first-order valence-corrected chi connectivity index (χ1v) is 9.20. The van der Waals surface area contributed by atoms with Gasteiger partial charge in [0.2, 0.25) is 0 Å². The third-order valence-corrected chi connectivity index (χ3v) is 4.95.